The number of carbonyl (C=O) groups is 1. The molecule has 0 radical (unpaired) electrons. The van der Waals surface area contributed by atoms with E-state index >= 15 is 0 Å². The third kappa shape index (κ3) is 4.77. The van der Waals surface area contributed by atoms with Crippen LogP contribution in [0.5, 0.6) is 5.75 Å². The van der Waals surface area contributed by atoms with Crippen LogP contribution < -0.4 is 9.64 Å². The monoisotopic (exact) mass is 582 g/mol. The van der Waals surface area contributed by atoms with Crippen LogP contribution in [0.1, 0.15) is 71.8 Å². The first kappa shape index (κ1) is 26.8. The number of para-hydroxylation sites is 1. The number of carboxylic acids is 1. The van der Waals surface area contributed by atoms with E-state index in [2.05, 4.69) is 19.8 Å². The number of fused-ring (bicyclic) bond motifs is 3. The Kier molecular flexibility index (Phi) is 6.41. The van der Waals surface area contributed by atoms with Crippen LogP contribution in [-0.4, -0.2) is 50.8 Å². The molecule has 0 amide bonds. The lowest BCUT2D eigenvalue weighted by molar-refractivity contribution is -0.274. The number of hydrogen-bond donors (Lipinski definition) is 2. The van der Waals surface area contributed by atoms with Gasteiger partial charge in [-0.3, -0.25) is 0 Å². The smallest absolute Gasteiger partial charge is 0.478 e. The van der Waals surface area contributed by atoms with E-state index in [1.54, 1.807) is 25.3 Å². The topological polar surface area (TPSA) is 114 Å². The Morgan fingerprint density at radius 1 is 1.14 bits per heavy atom. The number of nitrogens with one attached hydrogen (secondary N) is 1. The lowest BCUT2D eigenvalue weighted by Crippen LogP contribution is -2.46. The minimum absolute atomic E-state index is 0.0728. The summed E-state index contributed by atoms with van der Waals surface area (Å²) in [6, 6.07) is 8.15. The average molecular weight is 583 g/mol. The summed E-state index contributed by atoms with van der Waals surface area (Å²) in [5.41, 5.74) is 2.41. The normalized spacial score (nSPS) is 22.2. The molecule has 7 rings (SSSR count). The molecule has 9 nitrogen and oxygen atoms in total. The van der Waals surface area contributed by atoms with E-state index in [0.29, 0.717) is 28.2 Å². The molecule has 1 aliphatic carbocycles. The van der Waals surface area contributed by atoms with Crippen molar-refractivity contribution in [1.82, 2.24) is 15.1 Å². The van der Waals surface area contributed by atoms with Crippen molar-refractivity contribution in [3.63, 3.8) is 0 Å². The zero-order chi connectivity index (χ0) is 29.2. The number of aromatic amines is 1. The van der Waals surface area contributed by atoms with Crippen LogP contribution in [0.3, 0.4) is 0 Å². The summed E-state index contributed by atoms with van der Waals surface area (Å²) in [5, 5.41) is 14.7. The predicted octanol–water partition coefficient (Wildman–Crippen LogP) is 6.72. The van der Waals surface area contributed by atoms with Crippen LogP contribution in [-0.2, 0) is 11.3 Å². The van der Waals surface area contributed by atoms with Crippen molar-refractivity contribution in [2.75, 3.05) is 4.90 Å². The molecule has 3 aromatic heterocycles. The van der Waals surface area contributed by atoms with E-state index in [4.69, 9.17) is 14.2 Å². The second-order valence-corrected chi connectivity index (χ2v) is 11.4. The number of aryl methyl sites for hydroxylation is 1. The summed E-state index contributed by atoms with van der Waals surface area (Å²) in [6.07, 6.45) is 2.13. The van der Waals surface area contributed by atoms with Crippen molar-refractivity contribution in [3.05, 3.63) is 59.1 Å². The Labute approximate surface area is 238 Å². The summed E-state index contributed by atoms with van der Waals surface area (Å²) in [4.78, 5) is 22.0. The van der Waals surface area contributed by atoms with Gasteiger partial charge < -0.3 is 29.0 Å². The van der Waals surface area contributed by atoms with Crippen LogP contribution in [0.15, 0.2) is 41.1 Å². The van der Waals surface area contributed by atoms with Crippen LogP contribution in [0.2, 0.25) is 0 Å². The standard InChI is InChI=1S/C30H29F3N4O5/c1-15-24(29(38)39)26-21(10-11-34-26)28(35-15)37-17-8-9-18(37)13-19(12-17)40-14-22-25(36-42-27(22)16-6-7-16)20-4-2-3-5-23(20)41-30(31,32)33/h2-5,10-11,16-19,34H,6-9,12-14H2,1H3,(H,38,39)/t17-,18+,19?. The molecule has 3 fully saturated rings. The van der Waals surface area contributed by atoms with Crippen LogP contribution in [0.4, 0.5) is 19.0 Å². The molecule has 42 heavy (non-hydrogen) atoms. The highest BCUT2D eigenvalue weighted by Gasteiger charge is 2.43. The number of nitrogens with zero attached hydrogens (tertiary/aromatic N) is 3. The number of hydrogen-bond acceptors (Lipinski definition) is 7. The maximum absolute atomic E-state index is 13.1. The molecule has 1 saturated carbocycles. The van der Waals surface area contributed by atoms with Crippen LogP contribution >= 0.6 is 0 Å². The second-order valence-electron chi connectivity index (χ2n) is 11.4. The minimum atomic E-state index is -4.84. The number of alkyl halides is 3. The van der Waals surface area contributed by atoms with Gasteiger partial charge in [0.25, 0.3) is 0 Å². The van der Waals surface area contributed by atoms with Crippen molar-refractivity contribution in [3.8, 4) is 17.0 Å². The van der Waals surface area contributed by atoms with Gasteiger partial charge in [0.05, 0.1) is 23.9 Å². The van der Waals surface area contributed by atoms with Crippen molar-refractivity contribution in [2.24, 2.45) is 0 Å². The molecule has 0 spiro atoms. The zero-order valence-electron chi connectivity index (χ0n) is 22.8. The molecule has 2 N–H and O–H groups in total. The molecular weight excluding hydrogens is 553 g/mol. The van der Waals surface area contributed by atoms with Crippen molar-refractivity contribution in [2.45, 2.75) is 82.5 Å². The van der Waals surface area contributed by atoms with Crippen LogP contribution in [0.25, 0.3) is 22.2 Å². The molecule has 2 saturated heterocycles. The summed E-state index contributed by atoms with van der Waals surface area (Å²) in [7, 11) is 0. The number of rotatable bonds is 8. The quantitative estimate of drug-likeness (QED) is 0.236. The first-order valence-corrected chi connectivity index (χ1v) is 14.1. The van der Waals surface area contributed by atoms with E-state index in [1.165, 1.54) is 12.1 Å². The number of carboxylic acid groups (broad SMARTS) is 1. The zero-order valence-corrected chi connectivity index (χ0v) is 22.8. The van der Waals surface area contributed by atoms with Gasteiger partial charge in [-0.05, 0) is 63.6 Å². The molecule has 2 bridgehead atoms. The highest BCUT2D eigenvalue weighted by Crippen LogP contribution is 2.47. The predicted molar refractivity (Wildman–Crippen MR) is 145 cm³/mol. The number of piperidine rings is 1. The first-order chi connectivity index (χ1) is 20.2. The minimum Gasteiger partial charge on any atom is -0.478 e. The summed E-state index contributed by atoms with van der Waals surface area (Å²) >= 11 is 0. The fourth-order valence-electron chi connectivity index (χ4n) is 6.70. The Morgan fingerprint density at radius 2 is 1.88 bits per heavy atom. The third-order valence-electron chi connectivity index (χ3n) is 8.62. The van der Waals surface area contributed by atoms with Gasteiger partial charge in [-0.1, -0.05) is 17.3 Å². The second kappa shape index (κ2) is 10.0. The number of H-pyrrole nitrogens is 1. The van der Waals surface area contributed by atoms with Gasteiger partial charge in [-0.15, -0.1) is 13.2 Å². The van der Waals surface area contributed by atoms with Crippen LogP contribution in [0, 0.1) is 6.92 Å². The number of benzene rings is 1. The van der Waals surface area contributed by atoms with Crippen molar-refractivity contribution < 1.29 is 37.1 Å². The number of aromatic nitrogens is 3. The molecular formula is C30H29F3N4O5. The lowest BCUT2D eigenvalue weighted by Gasteiger charge is -2.40. The Balaban J connectivity index is 1.13. The highest BCUT2D eigenvalue weighted by atomic mass is 19.4. The summed E-state index contributed by atoms with van der Waals surface area (Å²) in [6.45, 7) is 1.89. The molecule has 3 aliphatic rings. The average Bonchev–Trinajstić information content (AvgIpc) is 3.40. The number of pyridine rings is 1. The van der Waals surface area contributed by atoms with E-state index in [-0.39, 0.29) is 47.6 Å². The number of halogens is 3. The van der Waals surface area contributed by atoms with E-state index in [9.17, 15) is 23.1 Å². The molecule has 1 aromatic carbocycles. The summed E-state index contributed by atoms with van der Waals surface area (Å²) < 4.78 is 55.8. The SMILES string of the molecule is Cc1nc(N2[C@@H]3CC[C@H]2CC(OCc2c(-c4ccccc4OC(F)(F)F)noc2C2CC2)C3)c2cc[nH]c2c1C(=O)O. The summed E-state index contributed by atoms with van der Waals surface area (Å²) in [5.74, 6) is 0.297. The van der Waals surface area contributed by atoms with Crippen molar-refractivity contribution >= 4 is 22.7 Å². The molecule has 3 atom stereocenters. The fraction of sp³-hybridized carbons (Fsp3) is 0.433. The van der Waals surface area contributed by atoms with E-state index in [0.717, 1.165) is 49.7 Å². The van der Waals surface area contributed by atoms with Crippen molar-refractivity contribution in [1.29, 1.82) is 0 Å². The van der Waals surface area contributed by atoms with Gasteiger partial charge in [-0.2, -0.15) is 0 Å². The maximum Gasteiger partial charge on any atom is 0.573 e. The van der Waals surface area contributed by atoms with Gasteiger partial charge >= 0.3 is 12.3 Å². The molecule has 12 heteroatoms. The molecule has 4 aromatic rings. The molecule has 1 unspecified atom stereocenters. The lowest BCUT2D eigenvalue weighted by atomic mass is 9.98. The Morgan fingerprint density at radius 3 is 2.57 bits per heavy atom. The fourth-order valence-corrected chi connectivity index (χ4v) is 6.70. The number of ether oxygens (including phenoxy) is 2. The number of aromatic carboxylic acids is 1. The van der Waals surface area contributed by atoms with E-state index < -0.39 is 12.3 Å². The Hall–Kier alpha value is -4.06. The van der Waals surface area contributed by atoms with Gasteiger partial charge in [0.15, 0.2) is 0 Å². The maximum atomic E-state index is 13.1. The largest absolute Gasteiger partial charge is 0.573 e. The molecule has 5 heterocycles. The Bertz CT molecular complexity index is 1650. The van der Waals surface area contributed by atoms with Gasteiger partial charge in [0, 0.05) is 40.7 Å². The highest BCUT2D eigenvalue weighted by molar-refractivity contribution is 6.06. The van der Waals surface area contributed by atoms with E-state index in [1.807, 2.05) is 6.07 Å². The molecule has 220 valence electrons. The number of anilines is 1. The van der Waals surface area contributed by atoms with Gasteiger partial charge in [-0.25, -0.2) is 9.78 Å². The third-order valence-corrected chi connectivity index (χ3v) is 8.62. The molecule has 2 aliphatic heterocycles. The van der Waals surface area contributed by atoms with Gasteiger partial charge in [0.1, 0.15) is 28.6 Å². The van der Waals surface area contributed by atoms with Gasteiger partial charge in [0.2, 0.25) is 0 Å². The first-order valence-electron chi connectivity index (χ1n) is 14.1.